The Morgan fingerprint density at radius 2 is 2.19 bits per heavy atom. The summed E-state index contributed by atoms with van der Waals surface area (Å²) in [5.74, 6) is -1.13. The van der Waals surface area contributed by atoms with Crippen LogP contribution in [0, 0.1) is 0 Å². The zero-order valence-corrected chi connectivity index (χ0v) is 9.49. The molecule has 1 unspecified atom stereocenters. The van der Waals surface area contributed by atoms with Gasteiger partial charge in [0.15, 0.2) is 0 Å². The Kier molecular flexibility index (Phi) is 4.31. The average Bonchev–Trinajstić information content (AvgIpc) is 2.16. The van der Waals surface area contributed by atoms with Crippen LogP contribution in [0.15, 0.2) is 24.3 Å². The SMILES string of the molecule is CC(=O)Nc1cccc(C(Cl)CC(=O)O)c1. The molecule has 0 saturated carbocycles. The number of hydrogen-bond donors (Lipinski definition) is 2. The Morgan fingerprint density at radius 3 is 2.75 bits per heavy atom. The van der Waals surface area contributed by atoms with Gasteiger partial charge in [0, 0.05) is 12.6 Å². The highest BCUT2D eigenvalue weighted by atomic mass is 35.5. The number of rotatable bonds is 4. The van der Waals surface area contributed by atoms with Gasteiger partial charge >= 0.3 is 5.97 Å². The third kappa shape index (κ3) is 3.90. The van der Waals surface area contributed by atoms with E-state index in [1.54, 1.807) is 24.3 Å². The largest absolute Gasteiger partial charge is 0.481 e. The summed E-state index contributed by atoms with van der Waals surface area (Å²) in [7, 11) is 0. The summed E-state index contributed by atoms with van der Waals surface area (Å²) in [5.41, 5.74) is 1.29. The van der Waals surface area contributed by atoms with E-state index in [0.29, 0.717) is 11.3 Å². The van der Waals surface area contributed by atoms with Crippen LogP contribution in [0.3, 0.4) is 0 Å². The Balaban J connectivity index is 2.80. The van der Waals surface area contributed by atoms with Gasteiger partial charge in [0.25, 0.3) is 0 Å². The molecule has 0 spiro atoms. The number of halogens is 1. The maximum Gasteiger partial charge on any atom is 0.305 e. The minimum atomic E-state index is -0.954. The van der Waals surface area contributed by atoms with Crippen molar-refractivity contribution in [1.82, 2.24) is 0 Å². The Bertz CT molecular complexity index is 406. The molecular formula is C11H12ClNO3. The number of carbonyl (C=O) groups excluding carboxylic acids is 1. The molecule has 1 rings (SSSR count). The summed E-state index contributed by atoms with van der Waals surface area (Å²) in [6.45, 7) is 1.40. The first kappa shape index (κ1) is 12.5. The topological polar surface area (TPSA) is 66.4 Å². The van der Waals surface area contributed by atoms with Crippen molar-refractivity contribution in [2.45, 2.75) is 18.7 Å². The van der Waals surface area contributed by atoms with Gasteiger partial charge in [0.1, 0.15) is 0 Å². The minimum Gasteiger partial charge on any atom is -0.481 e. The van der Waals surface area contributed by atoms with E-state index in [0.717, 1.165) is 0 Å². The smallest absolute Gasteiger partial charge is 0.305 e. The number of carbonyl (C=O) groups is 2. The van der Waals surface area contributed by atoms with E-state index in [4.69, 9.17) is 16.7 Å². The second-order valence-electron chi connectivity index (χ2n) is 3.37. The third-order valence-electron chi connectivity index (χ3n) is 1.92. The van der Waals surface area contributed by atoms with Gasteiger partial charge in [-0.15, -0.1) is 11.6 Å². The van der Waals surface area contributed by atoms with Crippen LogP contribution < -0.4 is 5.32 Å². The molecule has 0 heterocycles. The van der Waals surface area contributed by atoms with Crippen LogP contribution in [0.2, 0.25) is 0 Å². The Labute approximate surface area is 98.2 Å². The second-order valence-corrected chi connectivity index (χ2v) is 3.90. The first-order valence-corrected chi connectivity index (χ1v) is 5.16. The van der Waals surface area contributed by atoms with Crippen LogP contribution in [0.1, 0.15) is 24.3 Å². The minimum absolute atomic E-state index is 0.148. The first-order chi connectivity index (χ1) is 7.49. The van der Waals surface area contributed by atoms with Gasteiger partial charge in [-0.3, -0.25) is 9.59 Å². The van der Waals surface area contributed by atoms with Gasteiger partial charge in [0.05, 0.1) is 11.8 Å². The van der Waals surface area contributed by atoms with Gasteiger partial charge < -0.3 is 10.4 Å². The quantitative estimate of drug-likeness (QED) is 0.796. The fourth-order valence-corrected chi connectivity index (χ4v) is 1.55. The lowest BCUT2D eigenvalue weighted by atomic mass is 10.1. The van der Waals surface area contributed by atoms with Crippen LogP contribution in [0.4, 0.5) is 5.69 Å². The van der Waals surface area contributed by atoms with Crippen molar-refractivity contribution in [3.8, 4) is 0 Å². The zero-order chi connectivity index (χ0) is 12.1. The number of nitrogens with one attached hydrogen (secondary N) is 1. The molecule has 0 aliphatic heterocycles. The van der Waals surface area contributed by atoms with E-state index < -0.39 is 11.3 Å². The monoisotopic (exact) mass is 241 g/mol. The molecule has 0 aromatic heterocycles. The summed E-state index contributed by atoms with van der Waals surface area (Å²) >= 11 is 5.92. The fourth-order valence-electron chi connectivity index (χ4n) is 1.29. The number of alkyl halides is 1. The van der Waals surface area contributed by atoms with Gasteiger partial charge in [-0.2, -0.15) is 0 Å². The maximum atomic E-state index is 10.8. The molecule has 1 amide bonds. The molecule has 5 heteroatoms. The Hall–Kier alpha value is -1.55. The number of anilines is 1. The molecule has 0 bridgehead atoms. The second kappa shape index (κ2) is 5.51. The highest BCUT2D eigenvalue weighted by molar-refractivity contribution is 6.21. The molecule has 0 radical (unpaired) electrons. The number of aliphatic carboxylic acids is 1. The molecule has 0 aliphatic rings. The van der Waals surface area contributed by atoms with E-state index in [2.05, 4.69) is 5.32 Å². The molecule has 1 atom stereocenters. The van der Waals surface area contributed by atoms with E-state index in [9.17, 15) is 9.59 Å². The van der Waals surface area contributed by atoms with Gasteiger partial charge in [-0.05, 0) is 17.7 Å². The number of amides is 1. The summed E-state index contributed by atoms with van der Waals surface area (Å²) in [6.07, 6.45) is -0.148. The van der Waals surface area contributed by atoms with Crippen molar-refractivity contribution in [2.75, 3.05) is 5.32 Å². The van der Waals surface area contributed by atoms with Crippen molar-refractivity contribution in [3.05, 3.63) is 29.8 Å². The predicted octanol–water partition coefficient (Wildman–Crippen LogP) is 2.40. The third-order valence-corrected chi connectivity index (χ3v) is 2.33. The lowest BCUT2D eigenvalue weighted by molar-refractivity contribution is -0.137. The van der Waals surface area contributed by atoms with Gasteiger partial charge in [-0.25, -0.2) is 0 Å². The number of benzene rings is 1. The summed E-state index contributed by atoms with van der Waals surface area (Å²) in [6, 6.07) is 6.83. The van der Waals surface area contributed by atoms with Crippen LogP contribution in [0.25, 0.3) is 0 Å². The molecule has 0 aliphatic carbocycles. The van der Waals surface area contributed by atoms with E-state index >= 15 is 0 Å². The number of carboxylic acids is 1. The van der Waals surface area contributed by atoms with Crippen molar-refractivity contribution in [2.24, 2.45) is 0 Å². The molecule has 1 aromatic carbocycles. The predicted molar refractivity (Wildman–Crippen MR) is 61.6 cm³/mol. The molecule has 1 aromatic rings. The van der Waals surface area contributed by atoms with E-state index in [1.807, 2.05) is 0 Å². The van der Waals surface area contributed by atoms with Crippen LogP contribution in [-0.2, 0) is 9.59 Å². The zero-order valence-electron chi connectivity index (χ0n) is 8.74. The molecule has 2 N–H and O–H groups in total. The summed E-state index contributed by atoms with van der Waals surface area (Å²) < 4.78 is 0. The molecule has 16 heavy (non-hydrogen) atoms. The highest BCUT2D eigenvalue weighted by Gasteiger charge is 2.12. The molecule has 0 saturated heterocycles. The van der Waals surface area contributed by atoms with Crippen molar-refractivity contribution in [3.63, 3.8) is 0 Å². The van der Waals surface area contributed by atoms with Crippen LogP contribution >= 0.6 is 11.6 Å². The lowest BCUT2D eigenvalue weighted by Crippen LogP contribution is -2.06. The maximum absolute atomic E-state index is 10.8. The summed E-state index contributed by atoms with van der Waals surface area (Å²) in [4.78, 5) is 21.3. The van der Waals surface area contributed by atoms with Crippen molar-refractivity contribution < 1.29 is 14.7 Å². The lowest BCUT2D eigenvalue weighted by Gasteiger charge is -2.09. The molecule has 0 fully saturated rings. The van der Waals surface area contributed by atoms with Crippen LogP contribution in [-0.4, -0.2) is 17.0 Å². The number of carboxylic acid groups (broad SMARTS) is 1. The van der Waals surface area contributed by atoms with Gasteiger partial charge in [0.2, 0.25) is 5.91 Å². The van der Waals surface area contributed by atoms with E-state index in [-0.39, 0.29) is 12.3 Å². The van der Waals surface area contributed by atoms with Crippen molar-refractivity contribution >= 4 is 29.2 Å². The normalized spacial score (nSPS) is 11.9. The highest BCUT2D eigenvalue weighted by Crippen LogP contribution is 2.26. The average molecular weight is 242 g/mol. The molecular weight excluding hydrogens is 230 g/mol. The summed E-state index contributed by atoms with van der Waals surface area (Å²) in [5, 5.41) is 10.6. The van der Waals surface area contributed by atoms with E-state index in [1.165, 1.54) is 6.92 Å². The van der Waals surface area contributed by atoms with Gasteiger partial charge in [-0.1, -0.05) is 12.1 Å². The molecule has 4 nitrogen and oxygen atoms in total. The number of hydrogen-bond acceptors (Lipinski definition) is 2. The Morgan fingerprint density at radius 1 is 1.50 bits per heavy atom. The molecule has 86 valence electrons. The fraction of sp³-hybridized carbons (Fsp3) is 0.273. The standard InChI is InChI=1S/C11H12ClNO3/c1-7(14)13-9-4-2-3-8(5-9)10(12)6-11(15)16/h2-5,10H,6H2,1H3,(H,13,14)(H,15,16). The van der Waals surface area contributed by atoms with Crippen LogP contribution in [0.5, 0.6) is 0 Å². The first-order valence-electron chi connectivity index (χ1n) is 4.72. The van der Waals surface area contributed by atoms with Crippen molar-refractivity contribution in [1.29, 1.82) is 0 Å².